The van der Waals surface area contributed by atoms with Crippen LogP contribution >= 0.6 is 22.6 Å². The van der Waals surface area contributed by atoms with E-state index in [1.54, 1.807) is 6.92 Å². The van der Waals surface area contributed by atoms with Crippen molar-refractivity contribution >= 4 is 28.6 Å². The van der Waals surface area contributed by atoms with Gasteiger partial charge in [0.15, 0.2) is 0 Å². The van der Waals surface area contributed by atoms with Crippen LogP contribution in [0.2, 0.25) is 0 Å². The van der Waals surface area contributed by atoms with Gasteiger partial charge in [-0.1, -0.05) is 0 Å². The second-order valence-electron chi connectivity index (χ2n) is 1.48. The lowest BCUT2D eigenvalue weighted by molar-refractivity contribution is -0.137. The summed E-state index contributed by atoms with van der Waals surface area (Å²) in [5.41, 5.74) is 0. The Balaban J connectivity index is 3.63. The highest BCUT2D eigenvalue weighted by molar-refractivity contribution is 14.1. The first-order valence-electron chi connectivity index (χ1n) is 2.67. The van der Waals surface area contributed by atoms with Crippen molar-refractivity contribution in [3.63, 3.8) is 0 Å². The van der Waals surface area contributed by atoms with Crippen molar-refractivity contribution in [3.8, 4) is 0 Å². The Bertz CT molecular complexity index is 125. The molecule has 9 heavy (non-hydrogen) atoms. The standard InChI is InChI=1S/C6H9IO2/c1-3-9-6(8)4-5(2)7/h4H,3H2,1-2H3/b5-4+. The summed E-state index contributed by atoms with van der Waals surface area (Å²) >= 11 is 2.06. The van der Waals surface area contributed by atoms with E-state index in [4.69, 9.17) is 0 Å². The summed E-state index contributed by atoms with van der Waals surface area (Å²) in [5, 5.41) is 0. The molecule has 0 saturated heterocycles. The van der Waals surface area contributed by atoms with Crippen LogP contribution in [0.25, 0.3) is 0 Å². The van der Waals surface area contributed by atoms with E-state index in [0.29, 0.717) is 6.61 Å². The van der Waals surface area contributed by atoms with Crippen molar-refractivity contribution in [3.05, 3.63) is 9.66 Å². The molecule has 2 nitrogen and oxygen atoms in total. The van der Waals surface area contributed by atoms with Gasteiger partial charge in [-0.25, -0.2) is 4.79 Å². The molecule has 0 radical (unpaired) electrons. The number of esters is 1. The summed E-state index contributed by atoms with van der Waals surface area (Å²) in [5.74, 6) is -0.260. The monoisotopic (exact) mass is 240 g/mol. The predicted molar refractivity (Wildman–Crippen MR) is 44.4 cm³/mol. The van der Waals surface area contributed by atoms with Crippen LogP contribution < -0.4 is 0 Å². The molecule has 0 spiro atoms. The van der Waals surface area contributed by atoms with E-state index in [9.17, 15) is 4.79 Å². The van der Waals surface area contributed by atoms with E-state index in [-0.39, 0.29) is 5.97 Å². The van der Waals surface area contributed by atoms with Crippen molar-refractivity contribution < 1.29 is 9.53 Å². The zero-order chi connectivity index (χ0) is 7.28. The smallest absolute Gasteiger partial charge is 0.331 e. The highest BCUT2D eigenvalue weighted by Gasteiger charge is 1.93. The Hall–Kier alpha value is -0.0600. The normalized spacial score (nSPS) is 11.2. The van der Waals surface area contributed by atoms with E-state index in [1.165, 1.54) is 6.08 Å². The molecule has 0 atom stereocenters. The van der Waals surface area contributed by atoms with Gasteiger partial charge in [0.2, 0.25) is 0 Å². The molecule has 0 fully saturated rings. The Morgan fingerprint density at radius 3 is 2.67 bits per heavy atom. The third kappa shape index (κ3) is 5.82. The fraction of sp³-hybridized carbons (Fsp3) is 0.500. The second-order valence-corrected chi connectivity index (χ2v) is 3.18. The maximum absolute atomic E-state index is 10.6. The average molecular weight is 240 g/mol. The largest absolute Gasteiger partial charge is 0.463 e. The molecule has 0 amide bonds. The number of hydrogen-bond donors (Lipinski definition) is 0. The minimum absolute atomic E-state index is 0.260. The first-order valence-corrected chi connectivity index (χ1v) is 3.75. The quantitative estimate of drug-likeness (QED) is 0.418. The summed E-state index contributed by atoms with van der Waals surface area (Å²) < 4.78 is 5.57. The fourth-order valence-electron chi connectivity index (χ4n) is 0.346. The number of hydrogen-bond acceptors (Lipinski definition) is 2. The number of ether oxygens (including phenoxy) is 1. The molecule has 0 aliphatic heterocycles. The number of rotatable bonds is 2. The third-order valence-corrected chi connectivity index (χ3v) is 0.915. The van der Waals surface area contributed by atoms with E-state index < -0.39 is 0 Å². The van der Waals surface area contributed by atoms with E-state index in [1.807, 2.05) is 6.92 Å². The van der Waals surface area contributed by atoms with Crippen LogP contribution in [0.4, 0.5) is 0 Å². The molecule has 0 aromatic carbocycles. The minimum atomic E-state index is -0.260. The lowest BCUT2D eigenvalue weighted by atomic mass is 10.5. The number of carbonyl (C=O) groups excluding carboxylic acids is 1. The van der Waals surface area contributed by atoms with Gasteiger partial charge in [0, 0.05) is 6.08 Å². The average Bonchev–Trinajstić information content (AvgIpc) is 1.63. The second kappa shape index (κ2) is 4.78. The van der Waals surface area contributed by atoms with Crippen molar-refractivity contribution in [2.75, 3.05) is 6.61 Å². The van der Waals surface area contributed by atoms with E-state index in [2.05, 4.69) is 27.3 Å². The molecule has 0 bridgehead atoms. The van der Waals surface area contributed by atoms with Gasteiger partial charge in [-0.3, -0.25) is 0 Å². The molecule has 0 N–H and O–H groups in total. The number of halogens is 1. The van der Waals surface area contributed by atoms with Crippen LogP contribution in [-0.2, 0) is 9.53 Å². The lowest BCUT2D eigenvalue weighted by Crippen LogP contribution is -1.98. The summed E-state index contributed by atoms with van der Waals surface area (Å²) in [7, 11) is 0. The van der Waals surface area contributed by atoms with Crippen molar-refractivity contribution in [2.24, 2.45) is 0 Å². The SMILES string of the molecule is CCOC(=O)/C=C(\C)I. The minimum Gasteiger partial charge on any atom is -0.463 e. The molecule has 0 aromatic rings. The highest BCUT2D eigenvalue weighted by atomic mass is 127. The van der Waals surface area contributed by atoms with Crippen LogP contribution in [-0.4, -0.2) is 12.6 Å². The van der Waals surface area contributed by atoms with E-state index >= 15 is 0 Å². The first-order chi connectivity index (χ1) is 4.16. The number of carbonyl (C=O) groups is 1. The molecular weight excluding hydrogens is 231 g/mol. The molecule has 0 aliphatic rings. The van der Waals surface area contributed by atoms with Crippen LogP contribution in [0, 0.1) is 0 Å². The van der Waals surface area contributed by atoms with Gasteiger partial charge in [-0.15, -0.1) is 0 Å². The van der Waals surface area contributed by atoms with Crippen LogP contribution in [0.1, 0.15) is 13.8 Å². The molecule has 0 heterocycles. The molecule has 0 aliphatic carbocycles. The summed E-state index contributed by atoms with van der Waals surface area (Å²) in [6.45, 7) is 4.07. The molecule has 3 heteroatoms. The van der Waals surface area contributed by atoms with Gasteiger partial charge in [0.25, 0.3) is 0 Å². The Morgan fingerprint density at radius 2 is 2.33 bits per heavy atom. The fourth-order valence-corrected chi connectivity index (χ4v) is 0.601. The molecule has 52 valence electrons. The van der Waals surface area contributed by atoms with Crippen molar-refractivity contribution in [1.29, 1.82) is 0 Å². The van der Waals surface area contributed by atoms with Crippen LogP contribution in [0.15, 0.2) is 9.66 Å². The Morgan fingerprint density at radius 1 is 1.78 bits per heavy atom. The third-order valence-electron chi connectivity index (χ3n) is 0.603. The molecule has 0 rings (SSSR count). The molecule has 0 unspecified atom stereocenters. The summed E-state index contributed by atoms with van der Waals surface area (Å²) in [4.78, 5) is 10.6. The van der Waals surface area contributed by atoms with E-state index in [0.717, 1.165) is 3.58 Å². The number of allylic oxidation sites excluding steroid dienone is 1. The molecular formula is C6H9IO2. The van der Waals surface area contributed by atoms with Gasteiger partial charge in [0.05, 0.1) is 6.61 Å². The van der Waals surface area contributed by atoms with Gasteiger partial charge in [-0.2, -0.15) is 0 Å². The zero-order valence-electron chi connectivity index (χ0n) is 5.48. The molecule has 0 saturated carbocycles. The van der Waals surface area contributed by atoms with Gasteiger partial charge >= 0.3 is 5.97 Å². The predicted octanol–water partition coefficient (Wildman–Crippen LogP) is 1.89. The topological polar surface area (TPSA) is 26.3 Å². The van der Waals surface area contributed by atoms with Crippen LogP contribution in [0.3, 0.4) is 0 Å². The van der Waals surface area contributed by atoms with Crippen LogP contribution in [0.5, 0.6) is 0 Å². The van der Waals surface area contributed by atoms with Gasteiger partial charge in [0.1, 0.15) is 0 Å². The lowest BCUT2D eigenvalue weighted by Gasteiger charge is -1.93. The maximum Gasteiger partial charge on any atom is 0.331 e. The highest BCUT2D eigenvalue weighted by Crippen LogP contribution is 2.02. The van der Waals surface area contributed by atoms with Crippen molar-refractivity contribution in [2.45, 2.75) is 13.8 Å². The summed E-state index contributed by atoms with van der Waals surface area (Å²) in [6, 6.07) is 0. The maximum atomic E-state index is 10.6. The van der Waals surface area contributed by atoms with Gasteiger partial charge < -0.3 is 4.74 Å². The zero-order valence-corrected chi connectivity index (χ0v) is 7.64. The molecule has 0 aromatic heterocycles. The Kier molecular flexibility index (Phi) is 4.75. The first kappa shape index (κ1) is 8.94. The van der Waals surface area contributed by atoms with Crippen molar-refractivity contribution in [1.82, 2.24) is 0 Å². The summed E-state index contributed by atoms with van der Waals surface area (Å²) in [6.07, 6.45) is 1.46. The van der Waals surface area contributed by atoms with Gasteiger partial charge in [-0.05, 0) is 40.0 Å². The Labute approximate surface area is 68.4 Å².